The lowest BCUT2D eigenvalue weighted by molar-refractivity contribution is -0.111. The van der Waals surface area contributed by atoms with Crippen molar-refractivity contribution in [3.05, 3.63) is 71.5 Å². The van der Waals surface area contributed by atoms with Crippen molar-refractivity contribution < 1.29 is 19.1 Å². The molecule has 0 saturated carbocycles. The average Bonchev–Trinajstić information content (AvgIpc) is 2.75. The molecule has 1 aliphatic heterocycles. The Morgan fingerprint density at radius 1 is 1.17 bits per heavy atom. The quantitative estimate of drug-likeness (QED) is 0.704. The van der Waals surface area contributed by atoms with Gasteiger partial charge in [-0.05, 0) is 42.7 Å². The fraction of sp³-hybridized carbons (Fsp3) is 0.391. The average molecular weight is 398 g/mol. The van der Waals surface area contributed by atoms with Gasteiger partial charge in [0.25, 0.3) is 5.91 Å². The van der Waals surface area contributed by atoms with Gasteiger partial charge in [0, 0.05) is 31.1 Å². The second-order valence-corrected chi connectivity index (χ2v) is 7.78. The Kier molecular flexibility index (Phi) is 6.77. The van der Waals surface area contributed by atoms with Crippen LogP contribution in [0.3, 0.4) is 0 Å². The number of aliphatic hydroxyl groups is 1. The fourth-order valence-corrected chi connectivity index (χ4v) is 3.71. The lowest BCUT2D eigenvalue weighted by Gasteiger charge is -2.40. The molecule has 2 aromatic carbocycles. The maximum Gasteiger partial charge on any atom is 0.251 e. The first-order valence-electron chi connectivity index (χ1n) is 9.93. The van der Waals surface area contributed by atoms with Crippen LogP contribution < -0.4 is 5.32 Å². The molecule has 1 saturated heterocycles. The molecule has 154 valence electrons. The van der Waals surface area contributed by atoms with E-state index in [9.17, 15) is 19.1 Å². The number of nitrogens with zero attached hydrogens (tertiary/aromatic N) is 1. The summed E-state index contributed by atoms with van der Waals surface area (Å²) in [6, 6.07) is 14.6. The predicted molar refractivity (Wildman–Crippen MR) is 109 cm³/mol. The van der Waals surface area contributed by atoms with Crippen molar-refractivity contribution in [1.29, 1.82) is 0 Å². The fourth-order valence-electron chi connectivity index (χ4n) is 3.71. The van der Waals surface area contributed by atoms with Crippen molar-refractivity contribution in [3.63, 3.8) is 0 Å². The van der Waals surface area contributed by atoms with Gasteiger partial charge < -0.3 is 20.1 Å². The standard InChI is InChI=1S/C23H27FN2O3/c1-17(16-27)21(25-22(28)18-5-3-2-4-6-18)15-26-13-11-23(29,12-14-26)19-7-9-20(24)10-8-19/h2-10,16-17,21,29H,11-15H2,1H3,(H,25,28). The molecule has 1 fully saturated rings. The third-order valence-electron chi connectivity index (χ3n) is 5.72. The minimum Gasteiger partial charge on any atom is -0.385 e. The molecule has 1 aliphatic rings. The molecule has 2 N–H and O–H groups in total. The van der Waals surface area contributed by atoms with E-state index >= 15 is 0 Å². The first-order valence-corrected chi connectivity index (χ1v) is 9.93. The van der Waals surface area contributed by atoms with Gasteiger partial charge in [0.05, 0.1) is 11.6 Å². The van der Waals surface area contributed by atoms with Gasteiger partial charge in [-0.3, -0.25) is 4.79 Å². The minimum atomic E-state index is -0.983. The van der Waals surface area contributed by atoms with Crippen LogP contribution in [0.5, 0.6) is 0 Å². The van der Waals surface area contributed by atoms with Gasteiger partial charge in [-0.25, -0.2) is 4.39 Å². The smallest absolute Gasteiger partial charge is 0.251 e. The highest BCUT2D eigenvalue weighted by atomic mass is 19.1. The number of aldehydes is 1. The van der Waals surface area contributed by atoms with Crippen molar-refractivity contribution in [2.75, 3.05) is 19.6 Å². The van der Waals surface area contributed by atoms with E-state index < -0.39 is 5.60 Å². The largest absolute Gasteiger partial charge is 0.385 e. The molecule has 1 amide bonds. The number of amides is 1. The van der Waals surface area contributed by atoms with Crippen LogP contribution in [0.15, 0.2) is 54.6 Å². The molecule has 0 radical (unpaired) electrons. The number of hydrogen-bond acceptors (Lipinski definition) is 4. The van der Waals surface area contributed by atoms with Crippen LogP contribution in [0, 0.1) is 11.7 Å². The highest BCUT2D eigenvalue weighted by molar-refractivity contribution is 5.94. The number of halogens is 1. The summed E-state index contributed by atoms with van der Waals surface area (Å²) in [5.41, 5.74) is 0.289. The van der Waals surface area contributed by atoms with Crippen molar-refractivity contribution in [2.45, 2.75) is 31.4 Å². The number of rotatable bonds is 7. The van der Waals surface area contributed by atoms with E-state index in [1.54, 1.807) is 43.3 Å². The lowest BCUT2D eigenvalue weighted by atomic mass is 9.84. The van der Waals surface area contributed by atoms with Gasteiger partial charge in [0.15, 0.2) is 0 Å². The van der Waals surface area contributed by atoms with Gasteiger partial charge >= 0.3 is 0 Å². The monoisotopic (exact) mass is 398 g/mol. The molecule has 2 unspecified atom stereocenters. The van der Waals surface area contributed by atoms with Gasteiger partial charge in [-0.2, -0.15) is 0 Å². The van der Waals surface area contributed by atoms with E-state index in [1.165, 1.54) is 12.1 Å². The molecule has 6 heteroatoms. The topological polar surface area (TPSA) is 69.6 Å². The molecule has 2 atom stereocenters. The first kappa shape index (κ1) is 21.1. The number of carbonyl (C=O) groups excluding carboxylic acids is 2. The number of carbonyl (C=O) groups is 2. The van der Waals surface area contributed by atoms with Crippen LogP contribution >= 0.6 is 0 Å². The number of nitrogens with one attached hydrogen (secondary N) is 1. The Labute approximate surface area is 170 Å². The summed E-state index contributed by atoms with van der Waals surface area (Å²) in [6.07, 6.45) is 1.87. The predicted octanol–water partition coefficient (Wildman–Crippen LogP) is 2.74. The molecule has 1 heterocycles. The van der Waals surface area contributed by atoms with E-state index in [0.29, 0.717) is 43.6 Å². The summed E-state index contributed by atoms with van der Waals surface area (Å²) in [6.45, 7) is 3.56. The van der Waals surface area contributed by atoms with E-state index in [2.05, 4.69) is 10.2 Å². The Morgan fingerprint density at radius 3 is 2.38 bits per heavy atom. The summed E-state index contributed by atoms with van der Waals surface area (Å²) in [7, 11) is 0. The zero-order valence-electron chi connectivity index (χ0n) is 16.6. The molecular weight excluding hydrogens is 371 g/mol. The summed E-state index contributed by atoms with van der Waals surface area (Å²) in [5, 5.41) is 13.9. The normalized spacial score (nSPS) is 18.6. The molecule has 0 bridgehead atoms. The van der Waals surface area contributed by atoms with E-state index in [1.807, 2.05) is 6.07 Å². The second-order valence-electron chi connectivity index (χ2n) is 7.78. The SMILES string of the molecule is CC(C=O)C(CN1CCC(O)(c2ccc(F)cc2)CC1)NC(=O)c1ccccc1. The van der Waals surface area contributed by atoms with Crippen LogP contribution in [0.25, 0.3) is 0 Å². The molecule has 5 nitrogen and oxygen atoms in total. The lowest BCUT2D eigenvalue weighted by Crippen LogP contribution is -2.51. The third kappa shape index (κ3) is 5.28. The number of hydrogen-bond donors (Lipinski definition) is 2. The Bertz CT molecular complexity index is 818. The van der Waals surface area contributed by atoms with Crippen molar-refractivity contribution in [1.82, 2.24) is 10.2 Å². The van der Waals surface area contributed by atoms with Gasteiger partial charge in [0.1, 0.15) is 12.1 Å². The van der Waals surface area contributed by atoms with Crippen LogP contribution in [0.2, 0.25) is 0 Å². The second kappa shape index (κ2) is 9.29. The number of benzene rings is 2. The molecule has 2 aromatic rings. The van der Waals surface area contributed by atoms with Crippen molar-refractivity contribution >= 4 is 12.2 Å². The molecule has 0 spiro atoms. The first-order chi connectivity index (χ1) is 13.9. The maximum absolute atomic E-state index is 13.2. The van der Waals surface area contributed by atoms with E-state index in [0.717, 1.165) is 6.29 Å². The zero-order valence-corrected chi connectivity index (χ0v) is 16.6. The van der Waals surface area contributed by atoms with Gasteiger partial charge in [-0.1, -0.05) is 37.3 Å². The summed E-state index contributed by atoms with van der Waals surface area (Å²) in [4.78, 5) is 26.0. The zero-order chi connectivity index (χ0) is 20.9. The number of likely N-dealkylation sites (tertiary alicyclic amines) is 1. The third-order valence-corrected chi connectivity index (χ3v) is 5.72. The molecule has 0 aromatic heterocycles. The van der Waals surface area contributed by atoms with Crippen molar-refractivity contribution in [2.24, 2.45) is 5.92 Å². The Hall–Kier alpha value is -2.57. The van der Waals surface area contributed by atoms with Gasteiger partial charge in [0.2, 0.25) is 0 Å². The van der Waals surface area contributed by atoms with E-state index in [-0.39, 0.29) is 23.7 Å². The molecule has 3 rings (SSSR count). The highest BCUT2D eigenvalue weighted by Gasteiger charge is 2.35. The van der Waals surface area contributed by atoms with Crippen LogP contribution in [0.4, 0.5) is 4.39 Å². The van der Waals surface area contributed by atoms with Gasteiger partial charge in [-0.15, -0.1) is 0 Å². The van der Waals surface area contributed by atoms with E-state index in [4.69, 9.17) is 0 Å². The highest BCUT2D eigenvalue weighted by Crippen LogP contribution is 2.33. The van der Waals surface area contributed by atoms with Crippen LogP contribution in [-0.4, -0.2) is 47.9 Å². The summed E-state index contributed by atoms with van der Waals surface area (Å²) < 4.78 is 13.2. The maximum atomic E-state index is 13.2. The van der Waals surface area contributed by atoms with Crippen LogP contribution in [-0.2, 0) is 10.4 Å². The summed E-state index contributed by atoms with van der Waals surface area (Å²) >= 11 is 0. The Balaban J connectivity index is 1.61. The van der Waals surface area contributed by atoms with Crippen molar-refractivity contribution in [3.8, 4) is 0 Å². The minimum absolute atomic E-state index is 0.205. The molecule has 29 heavy (non-hydrogen) atoms. The number of piperidine rings is 1. The molecule has 0 aliphatic carbocycles. The summed E-state index contributed by atoms with van der Waals surface area (Å²) in [5.74, 6) is -0.862. The molecular formula is C23H27FN2O3. The van der Waals surface area contributed by atoms with Crippen LogP contribution in [0.1, 0.15) is 35.7 Å². The Morgan fingerprint density at radius 2 is 1.79 bits per heavy atom.